The molecule has 2 rings (SSSR count). The summed E-state index contributed by atoms with van der Waals surface area (Å²) in [5.74, 6) is 0.551. The van der Waals surface area contributed by atoms with Gasteiger partial charge in [-0.05, 0) is 30.4 Å². The Morgan fingerprint density at radius 2 is 2.10 bits per heavy atom. The molecule has 0 saturated heterocycles. The quantitative estimate of drug-likeness (QED) is 0.832. The molecular formula is C15H24N2O3. The van der Waals surface area contributed by atoms with Crippen LogP contribution < -0.4 is 0 Å². The van der Waals surface area contributed by atoms with Gasteiger partial charge in [-0.1, -0.05) is 27.7 Å². The van der Waals surface area contributed by atoms with Gasteiger partial charge in [-0.25, -0.2) is 4.79 Å². The maximum atomic E-state index is 11.4. The van der Waals surface area contributed by atoms with E-state index >= 15 is 0 Å². The highest BCUT2D eigenvalue weighted by molar-refractivity contribution is 5.71. The van der Waals surface area contributed by atoms with E-state index in [1.807, 2.05) is 19.9 Å². The minimum Gasteiger partial charge on any atom is -0.465 e. The molecule has 0 aromatic heterocycles. The molecule has 112 valence electrons. The molecule has 2 heterocycles. The summed E-state index contributed by atoms with van der Waals surface area (Å²) in [7, 11) is 0. The Labute approximate surface area is 120 Å². The second-order valence-corrected chi connectivity index (χ2v) is 6.74. The van der Waals surface area contributed by atoms with Gasteiger partial charge in [0.2, 0.25) is 0 Å². The molecule has 1 amide bonds. The summed E-state index contributed by atoms with van der Waals surface area (Å²) in [6.07, 6.45) is 2.65. The standard InChI is InChI=1S/C15H24N2O3/c1-10(2)5-6-11-7-13-12(8-17(11)20)15(3,4)9-16(13)14(18)19/h7,10,20H,5-6,8-9H2,1-4H3,(H,18,19). The van der Waals surface area contributed by atoms with Gasteiger partial charge in [0, 0.05) is 17.7 Å². The number of hydroxylamine groups is 2. The molecule has 0 fully saturated rings. The molecule has 0 aliphatic carbocycles. The fourth-order valence-electron chi connectivity index (χ4n) is 2.84. The zero-order valence-corrected chi connectivity index (χ0v) is 12.7. The van der Waals surface area contributed by atoms with Gasteiger partial charge < -0.3 is 5.11 Å². The maximum absolute atomic E-state index is 11.4. The molecule has 2 aliphatic rings. The average Bonchev–Trinajstić information content (AvgIpc) is 2.58. The minimum atomic E-state index is -0.922. The highest BCUT2D eigenvalue weighted by Gasteiger charge is 2.42. The van der Waals surface area contributed by atoms with Crippen LogP contribution in [0.2, 0.25) is 0 Å². The Morgan fingerprint density at radius 3 is 2.65 bits per heavy atom. The van der Waals surface area contributed by atoms with E-state index in [4.69, 9.17) is 0 Å². The zero-order valence-electron chi connectivity index (χ0n) is 12.7. The van der Waals surface area contributed by atoms with Gasteiger partial charge >= 0.3 is 6.09 Å². The second-order valence-electron chi connectivity index (χ2n) is 6.74. The largest absolute Gasteiger partial charge is 0.465 e. The number of hydrogen-bond donors (Lipinski definition) is 2. The highest BCUT2D eigenvalue weighted by Crippen LogP contribution is 2.42. The van der Waals surface area contributed by atoms with Crippen molar-refractivity contribution >= 4 is 6.09 Å². The number of allylic oxidation sites excluding steroid dienone is 2. The van der Waals surface area contributed by atoms with Crippen LogP contribution in [-0.2, 0) is 0 Å². The van der Waals surface area contributed by atoms with E-state index in [2.05, 4.69) is 13.8 Å². The molecule has 0 atom stereocenters. The van der Waals surface area contributed by atoms with Crippen LogP contribution in [0.1, 0.15) is 40.5 Å². The second kappa shape index (κ2) is 5.13. The summed E-state index contributed by atoms with van der Waals surface area (Å²) in [6, 6.07) is 0. The van der Waals surface area contributed by atoms with Gasteiger partial charge in [0.1, 0.15) is 0 Å². The Hall–Kier alpha value is -1.49. The number of carboxylic acid groups (broad SMARTS) is 1. The van der Waals surface area contributed by atoms with Crippen molar-refractivity contribution in [3.8, 4) is 0 Å². The summed E-state index contributed by atoms with van der Waals surface area (Å²) >= 11 is 0. The van der Waals surface area contributed by atoms with Crippen molar-refractivity contribution < 1.29 is 15.1 Å². The molecule has 0 aromatic carbocycles. The number of rotatable bonds is 3. The van der Waals surface area contributed by atoms with Crippen LogP contribution in [-0.4, -0.2) is 39.5 Å². The summed E-state index contributed by atoms with van der Waals surface area (Å²) in [4.78, 5) is 12.8. The smallest absolute Gasteiger partial charge is 0.411 e. The van der Waals surface area contributed by atoms with Gasteiger partial charge in [0.05, 0.1) is 12.2 Å². The molecule has 2 N–H and O–H groups in total. The lowest BCUT2D eigenvalue weighted by molar-refractivity contribution is -0.0547. The molecule has 0 aromatic rings. The van der Waals surface area contributed by atoms with Crippen molar-refractivity contribution in [2.24, 2.45) is 11.3 Å². The van der Waals surface area contributed by atoms with Gasteiger partial charge in [-0.15, -0.1) is 0 Å². The predicted molar refractivity (Wildman–Crippen MR) is 76.2 cm³/mol. The van der Waals surface area contributed by atoms with Gasteiger partial charge in [0.15, 0.2) is 0 Å². The van der Waals surface area contributed by atoms with E-state index in [-0.39, 0.29) is 5.41 Å². The van der Waals surface area contributed by atoms with Crippen LogP contribution in [0.3, 0.4) is 0 Å². The molecule has 0 radical (unpaired) electrons. The highest BCUT2D eigenvalue weighted by atomic mass is 16.5. The Balaban J connectivity index is 2.31. The van der Waals surface area contributed by atoms with Gasteiger partial charge in [0.25, 0.3) is 0 Å². The first-order valence-corrected chi connectivity index (χ1v) is 7.13. The van der Waals surface area contributed by atoms with Crippen molar-refractivity contribution in [2.45, 2.75) is 40.5 Å². The van der Waals surface area contributed by atoms with Gasteiger partial charge in [-0.3, -0.25) is 15.2 Å². The van der Waals surface area contributed by atoms with E-state index in [0.29, 0.717) is 19.0 Å². The molecule has 0 bridgehead atoms. The van der Waals surface area contributed by atoms with Crippen molar-refractivity contribution in [1.29, 1.82) is 0 Å². The van der Waals surface area contributed by atoms with Crippen LogP contribution >= 0.6 is 0 Å². The van der Waals surface area contributed by atoms with E-state index in [0.717, 1.165) is 29.8 Å². The number of carbonyl (C=O) groups is 1. The Bertz CT molecular complexity index is 478. The van der Waals surface area contributed by atoms with E-state index in [1.165, 1.54) is 9.96 Å². The fraction of sp³-hybridized carbons (Fsp3) is 0.667. The lowest BCUT2D eigenvalue weighted by Gasteiger charge is -2.30. The summed E-state index contributed by atoms with van der Waals surface area (Å²) in [5.41, 5.74) is 2.33. The first-order valence-electron chi connectivity index (χ1n) is 7.13. The summed E-state index contributed by atoms with van der Waals surface area (Å²) in [6.45, 7) is 9.17. The van der Waals surface area contributed by atoms with Crippen molar-refractivity contribution in [3.63, 3.8) is 0 Å². The maximum Gasteiger partial charge on any atom is 0.411 e. The monoisotopic (exact) mass is 280 g/mol. The third-order valence-electron chi connectivity index (χ3n) is 4.12. The predicted octanol–water partition coefficient (Wildman–Crippen LogP) is 3.29. The van der Waals surface area contributed by atoms with Crippen molar-refractivity contribution in [1.82, 2.24) is 9.96 Å². The van der Waals surface area contributed by atoms with Gasteiger partial charge in [-0.2, -0.15) is 0 Å². The lowest BCUT2D eigenvalue weighted by Crippen LogP contribution is -2.30. The molecule has 0 saturated carbocycles. The minimum absolute atomic E-state index is 0.227. The molecule has 0 unspecified atom stereocenters. The number of hydrogen-bond acceptors (Lipinski definition) is 3. The van der Waals surface area contributed by atoms with Crippen molar-refractivity contribution in [3.05, 3.63) is 23.0 Å². The van der Waals surface area contributed by atoms with Crippen LogP contribution in [0.25, 0.3) is 0 Å². The lowest BCUT2D eigenvalue weighted by atomic mass is 9.84. The summed E-state index contributed by atoms with van der Waals surface area (Å²) in [5, 5.41) is 20.8. The zero-order chi connectivity index (χ0) is 15.1. The topological polar surface area (TPSA) is 64.0 Å². The van der Waals surface area contributed by atoms with E-state index in [9.17, 15) is 15.1 Å². The molecule has 0 spiro atoms. The SMILES string of the molecule is CC(C)CCC1=CC2=C(CN1O)C(C)(C)CN2C(=O)O. The van der Waals surface area contributed by atoms with E-state index < -0.39 is 6.09 Å². The normalized spacial score (nSPS) is 21.4. The van der Waals surface area contributed by atoms with Crippen molar-refractivity contribution in [2.75, 3.05) is 13.1 Å². The van der Waals surface area contributed by atoms with Crippen LogP contribution in [0, 0.1) is 11.3 Å². The first kappa shape index (κ1) is 14.9. The van der Waals surface area contributed by atoms with E-state index in [1.54, 1.807) is 0 Å². The first-order chi connectivity index (χ1) is 9.22. The Kier molecular flexibility index (Phi) is 3.82. The fourth-order valence-corrected chi connectivity index (χ4v) is 2.84. The molecule has 20 heavy (non-hydrogen) atoms. The Morgan fingerprint density at radius 1 is 1.45 bits per heavy atom. The molecular weight excluding hydrogens is 256 g/mol. The van der Waals surface area contributed by atoms with Crippen LogP contribution in [0.4, 0.5) is 4.79 Å². The third-order valence-corrected chi connectivity index (χ3v) is 4.12. The number of amides is 1. The van der Waals surface area contributed by atoms with Crippen LogP contribution in [0.15, 0.2) is 23.0 Å². The van der Waals surface area contributed by atoms with Crippen LogP contribution in [0.5, 0.6) is 0 Å². The summed E-state index contributed by atoms with van der Waals surface area (Å²) < 4.78 is 0. The molecule has 2 aliphatic heterocycles. The third kappa shape index (κ3) is 2.68. The number of nitrogens with zero attached hydrogens (tertiary/aromatic N) is 2. The molecule has 5 heteroatoms. The molecule has 5 nitrogen and oxygen atoms in total. The average molecular weight is 280 g/mol.